The SMILES string of the molecule is CSC(=NC(C)(C)C1CC1)NC#N. The molecule has 0 unspecified atom stereocenters. The Bertz CT molecular complexity index is 248. The Hall–Kier alpha value is -0.690. The minimum Gasteiger partial charge on any atom is -0.272 e. The van der Waals surface area contributed by atoms with Gasteiger partial charge in [0.2, 0.25) is 0 Å². The van der Waals surface area contributed by atoms with Crippen molar-refractivity contribution in [3.05, 3.63) is 0 Å². The van der Waals surface area contributed by atoms with E-state index in [1.165, 1.54) is 24.6 Å². The molecule has 1 saturated carbocycles. The van der Waals surface area contributed by atoms with E-state index in [1.807, 2.05) is 12.4 Å². The van der Waals surface area contributed by atoms with E-state index in [4.69, 9.17) is 5.26 Å². The molecule has 0 radical (unpaired) electrons. The van der Waals surface area contributed by atoms with E-state index in [-0.39, 0.29) is 5.54 Å². The van der Waals surface area contributed by atoms with Crippen LogP contribution in [-0.2, 0) is 0 Å². The summed E-state index contributed by atoms with van der Waals surface area (Å²) in [5.41, 5.74) is -0.0117. The van der Waals surface area contributed by atoms with Crippen LogP contribution < -0.4 is 5.32 Å². The second-order valence-electron chi connectivity index (χ2n) is 3.79. The Balaban J connectivity index is 2.64. The van der Waals surface area contributed by atoms with Crippen LogP contribution in [0.3, 0.4) is 0 Å². The number of nitriles is 1. The summed E-state index contributed by atoms with van der Waals surface area (Å²) in [5, 5.41) is 11.8. The number of thioether (sulfide) groups is 1. The molecule has 1 rings (SSSR count). The Kier molecular flexibility index (Phi) is 3.21. The fraction of sp³-hybridized carbons (Fsp3) is 0.778. The Morgan fingerprint density at radius 1 is 1.62 bits per heavy atom. The summed E-state index contributed by atoms with van der Waals surface area (Å²) in [5.74, 6) is 0.704. The molecule has 72 valence electrons. The van der Waals surface area contributed by atoms with Crippen LogP contribution in [0.25, 0.3) is 0 Å². The van der Waals surface area contributed by atoms with Gasteiger partial charge in [-0.1, -0.05) is 11.8 Å². The highest BCUT2D eigenvalue weighted by Gasteiger charge is 2.37. The molecular weight excluding hydrogens is 182 g/mol. The highest BCUT2D eigenvalue weighted by atomic mass is 32.2. The smallest absolute Gasteiger partial charge is 0.183 e. The van der Waals surface area contributed by atoms with Crippen molar-refractivity contribution in [3.8, 4) is 6.19 Å². The van der Waals surface area contributed by atoms with Crippen LogP contribution >= 0.6 is 11.8 Å². The van der Waals surface area contributed by atoms with Crippen LogP contribution in [0.15, 0.2) is 4.99 Å². The fourth-order valence-electron chi connectivity index (χ4n) is 1.32. The van der Waals surface area contributed by atoms with Crippen molar-refractivity contribution in [3.63, 3.8) is 0 Å². The zero-order chi connectivity index (χ0) is 9.90. The van der Waals surface area contributed by atoms with Gasteiger partial charge in [0.25, 0.3) is 0 Å². The summed E-state index contributed by atoms with van der Waals surface area (Å²) >= 11 is 1.48. The molecule has 13 heavy (non-hydrogen) atoms. The van der Waals surface area contributed by atoms with Gasteiger partial charge in [-0.15, -0.1) is 0 Å². The zero-order valence-corrected chi connectivity index (χ0v) is 9.11. The summed E-state index contributed by atoms with van der Waals surface area (Å²) in [6, 6.07) is 0. The van der Waals surface area contributed by atoms with E-state index >= 15 is 0 Å². The van der Waals surface area contributed by atoms with Gasteiger partial charge in [0.1, 0.15) is 0 Å². The number of aliphatic imine (C=N–C) groups is 1. The van der Waals surface area contributed by atoms with Crippen LogP contribution in [0.5, 0.6) is 0 Å². The van der Waals surface area contributed by atoms with Crippen molar-refractivity contribution in [2.24, 2.45) is 10.9 Å². The largest absolute Gasteiger partial charge is 0.272 e. The number of nitrogens with one attached hydrogen (secondary N) is 1. The molecule has 0 atom stereocenters. The van der Waals surface area contributed by atoms with Crippen molar-refractivity contribution in [1.82, 2.24) is 5.32 Å². The average Bonchev–Trinajstić information content (AvgIpc) is 2.85. The van der Waals surface area contributed by atoms with E-state index in [1.54, 1.807) is 0 Å². The third-order valence-corrected chi connectivity index (χ3v) is 2.90. The highest BCUT2D eigenvalue weighted by Crippen LogP contribution is 2.41. The van der Waals surface area contributed by atoms with E-state index in [9.17, 15) is 0 Å². The van der Waals surface area contributed by atoms with Gasteiger partial charge in [0, 0.05) is 0 Å². The maximum atomic E-state index is 8.46. The van der Waals surface area contributed by atoms with E-state index in [0.29, 0.717) is 5.92 Å². The number of rotatable bonds is 2. The lowest BCUT2D eigenvalue weighted by molar-refractivity contribution is 0.456. The molecule has 0 aliphatic heterocycles. The first-order valence-electron chi connectivity index (χ1n) is 4.39. The molecule has 3 nitrogen and oxygen atoms in total. The van der Waals surface area contributed by atoms with Crippen LogP contribution in [-0.4, -0.2) is 17.0 Å². The van der Waals surface area contributed by atoms with Crippen molar-refractivity contribution in [2.45, 2.75) is 32.2 Å². The molecule has 1 aliphatic carbocycles. The van der Waals surface area contributed by atoms with Crippen molar-refractivity contribution in [2.75, 3.05) is 6.26 Å². The normalized spacial score (nSPS) is 18.2. The van der Waals surface area contributed by atoms with Gasteiger partial charge < -0.3 is 0 Å². The van der Waals surface area contributed by atoms with E-state index in [0.717, 1.165) is 5.17 Å². The minimum absolute atomic E-state index is 0.0117. The van der Waals surface area contributed by atoms with Gasteiger partial charge in [-0.2, -0.15) is 5.26 Å². The standard InChI is InChI=1S/C9H15N3S/c1-9(2,7-4-5-7)12-8(13-3)11-6-10/h7H,4-5H2,1-3H3,(H,11,12). The minimum atomic E-state index is -0.0117. The van der Waals surface area contributed by atoms with Crippen LogP contribution in [0.2, 0.25) is 0 Å². The van der Waals surface area contributed by atoms with Crippen molar-refractivity contribution in [1.29, 1.82) is 5.26 Å². The third-order valence-electron chi connectivity index (χ3n) is 2.32. The maximum absolute atomic E-state index is 8.46. The predicted molar refractivity (Wildman–Crippen MR) is 56.5 cm³/mol. The van der Waals surface area contributed by atoms with Crippen molar-refractivity contribution >= 4 is 16.9 Å². The van der Waals surface area contributed by atoms with Crippen LogP contribution in [0.4, 0.5) is 0 Å². The first-order chi connectivity index (χ1) is 6.10. The summed E-state index contributed by atoms with van der Waals surface area (Å²) < 4.78 is 0. The summed E-state index contributed by atoms with van der Waals surface area (Å²) in [7, 11) is 0. The lowest BCUT2D eigenvalue weighted by Crippen LogP contribution is -2.25. The first kappa shape index (κ1) is 10.4. The van der Waals surface area contributed by atoms with E-state index in [2.05, 4.69) is 24.2 Å². The second-order valence-corrected chi connectivity index (χ2v) is 4.58. The van der Waals surface area contributed by atoms with Gasteiger partial charge in [0.15, 0.2) is 11.4 Å². The van der Waals surface area contributed by atoms with Crippen LogP contribution in [0.1, 0.15) is 26.7 Å². The molecule has 0 aromatic carbocycles. The molecule has 1 fully saturated rings. The quantitative estimate of drug-likeness (QED) is 0.318. The fourth-order valence-corrected chi connectivity index (χ4v) is 1.79. The molecule has 0 aromatic rings. The van der Waals surface area contributed by atoms with Crippen molar-refractivity contribution < 1.29 is 0 Å². The van der Waals surface area contributed by atoms with Crippen LogP contribution in [0, 0.1) is 17.4 Å². The molecule has 0 spiro atoms. The van der Waals surface area contributed by atoms with Gasteiger partial charge in [-0.05, 0) is 38.9 Å². The molecule has 1 aliphatic rings. The first-order valence-corrected chi connectivity index (χ1v) is 5.61. The third kappa shape index (κ3) is 2.92. The Morgan fingerprint density at radius 3 is 2.62 bits per heavy atom. The highest BCUT2D eigenvalue weighted by molar-refractivity contribution is 8.13. The number of hydrogen-bond acceptors (Lipinski definition) is 3. The predicted octanol–water partition coefficient (Wildman–Crippen LogP) is 1.96. The molecule has 4 heteroatoms. The number of nitrogens with zero attached hydrogens (tertiary/aromatic N) is 2. The van der Waals surface area contributed by atoms with Gasteiger partial charge >= 0.3 is 0 Å². The second kappa shape index (κ2) is 4.01. The Labute approximate surface area is 83.6 Å². The molecule has 0 saturated heterocycles. The summed E-state index contributed by atoms with van der Waals surface area (Å²) in [4.78, 5) is 4.52. The molecule has 0 bridgehead atoms. The monoisotopic (exact) mass is 197 g/mol. The van der Waals surface area contributed by atoms with Gasteiger partial charge in [0.05, 0.1) is 5.54 Å². The molecule has 1 N–H and O–H groups in total. The lowest BCUT2D eigenvalue weighted by atomic mass is 10.0. The lowest BCUT2D eigenvalue weighted by Gasteiger charge is -2.19. The maximum Gasteiger partial charge on any atom is 0.183 e. The summed E-state index contributed by atoms with van der Waals surface area (Å²) in [6.07, 6.45) is 6.36. The Morgan fingerprint density at radius 2 is 2.23 bits per heavy atom. The molecule has 0 amide bonds. The molecule has 0 heterocycles. The molecular formula is C9H15N3S. The zero-order valence-electron chi connectivity index (χ0n) is 8.29. The number of hydrogen-bond donors (Lipinski definition) is 1. The summed E-state index contributed by atoms with van der Waals surface area (Å²) in [6.45, 7) is 4.25. The van der Waals surface area contributed by atoms with Gasteiger partial charge in [-0.3, -0.25) is 10.3 Å². The topological polar surface area (TPSA) is 48.2 Å². The van der Waals surface area contributed by atoms with Gasteiger partial charge in [-0.25, -0.2) is 0 Å². The molecule has 0 aromatic heterocycles. The number of amidine groups is 1. The average molecular weight is 197 g/mol. The van der Waals surface area contributed by atoms with E-state index < -0.39 is 0 Å².